The molecule has 0 aliphatic rings. The molecule has 4 nitrogen and oxygen atoms in total. The first-order valence-corrected chi connectivity index (χ1v) is 7.02. The number of benzene rings is 2. The van der Waals surface area contributed by atoms with Crippen LogP contribution in [0.25, 0.3) is 11.3 Å². The first kappa shape index (κ1) is 14.1. The molecule has 110 valence electrons. The van der Waals surface area contributed by atoms with Crippen LogP contribution in [0.1, 0.15) is 21.9 Å². The summed E-state index contributed by atoms with van der Waals surface area (Å²) in [6.07, 6.45) is 1.42. The van der Waals surface area contributed by atoms with E-state index in [-0.39, 0.29) is 0 Å². The number of imidazole rings is 1. The summed E-state index contributed by atoms with van der Waals surface area (Å²) in [7, 11) is 1.65. The summed E-state index contributed by atoms with van der Waals surface area (Å²) < 4.78 is 5.17. The molecule has 0 saturated heterocycles. The van der Waals surface area contributed by atoms with Gasteiger partial charge in [-0.15, -0.1) is 0 Å². The zero-order valence-electron chi connectivity index (χ0n) is 12.2. The predicted octanol–water partition coefficient (Wildman–Crippen LogP) is 3.49. The third-order valence-corrected chi connectivity index (χ3v) is 3.50. The Balaban J connectivity index is 1.95. The van der Waals surface area contributed by atoms with E-state index in [1.165, 1.54) is 0 Å². The zero-order valence-corrected chi connectivity index (χ0v) is 12.2. The van der Waals surface area contributed by atoms with Gasteiger partial charge in [-0.25, -0.2) is 4.98 Å². The SMILES string of the molecule is COc1ccc(Cc2[nH]c(C=O)nc2-c2ccccc2)cc1. The summed E-state index contributed by atoms with van der Waals surface area (Å²) in [6, 6.07) is 17.7. The van der Waals surface area contributed by atoms with Crippen molar-refractivity contribution in [3.05, 3.63) is 71.7 Å². The van der Waals surface area contributed by atoms with E-state index in [9.17, 15) is 4.79 Å². The average Bonchev–Trinajstić information content (AvgIpc) is 2.99. The van der Waals surface area contributed by atoms with Crippen LogP contribution >= 0.6 is 0 Å². The molecule has 1 N–H and O–H groups in total. The van der Waals surface area contributed by atoms with Crippen molar-refractivity contribution in [3.63, 3.8) is 0 Å². The second-order valence-corrected chi connectivity index (χ2v) is 4.96. The molecule has 0 fully saturated rings. The normalized spacial score (nSPS) is 10.4. The first-order valence-electron chi connectivity index (χ1n) is 7.02. The molecular weight excluding hydrogens is 276 g/mol. The van der Waals surface area contributed by atoms with E-state index in [1.807, 2.05) is 54.6 Å². The van der Waals surface area contributed by atoms with Crippen LogP contribution in [-0.2, 0) is 6.42 Å². The largest absolute Gasteiger partial charge is 0.497 e. The molecule has 0 amide bonds. The quantitative estimate of drug-likeness (QED) is 0.732. The second-order valence-electron chi connectivity index (χ2n) is 4.96. The van der Waals surface area contributed by atoms with Crippen LogP contribution in [0, 0.1) is 0 Å². The Labute approximate surface area is 128 Å². The van der Waals surface area contributed by atoms with Crippen LogP contribution in [0.15, 0.2) is 54.6 Å². The molecule has 0 saturated carbocycles. The van der Waals surface area contributed by atoms with Gasteiger partial charge in [-0.3, -0.25) is 4.79 Å². The average molecular weight is 292 g/mol. The van der Waals surface area contributed by atoms with Crippen molar-refractivity contribution in [1.82, 2.24) is 9.97 Å². The fourth-order valence-corrected chi connectivity index (χ4v) is 2.40. The maximum atomic E-state index is 11.0. The van der Waals surface area contributed by atoms with Gasteiger partial charge in [0.1, 0.15) is 5.75 Å². The molecule has 1 aromatic heterocycles. The van der Waals surface area contributed by atoms with E-state index in [2.05, 4.69) is 9.97 Å². The molecule has 3 aromatic rings. The third kappa shape index (κ3) is 2.91. The van der Waals surface area contributed by atoms with Gasteiger partial charge in [-0.1, -0.05) is 42.5 Å². The molecule has 2 aromatic carbocycles. The number of nitrogens with one attached hydrogen (secondary N) is 1. The number of ether oxygens (including phenoxy) is 1. The number of nitrogens with zero attached hydrogens (tertiary/aromatic N) is 1. The number of carbonyl (C=O) groups is 1. The smallest absolute Gasteiger partial charge is 0.185 e. The van der Waals surface area contributed by atoms with E-state index in [0.29, 0.717) is 12.2 Å². The minimum absolute atomic E-state index is 0.349. The van der Waals surface area contributed by atoms with Gasteiger partial charge in [0.2, 0.25) is 0 Å². The molecule has 0 unspecified atom stereocenters. The van der Waals surface area contributed by atoms with Crippen molar-refractivity contribution in [2.24, 2.45) is 0 Å². The fraction of sp³-hybridized carbons (Fsp3) is 0.111. The van der Waals surface area contributed by atoms with Crippen LogP contribution in [0.4, 0.5) is 0 Å². The molecule has 0 aliphatic carbocycles. The van der Waals surface area contributed by atoms with Crippen LogP contribution in [-0.4, -0.2) is 23.4 Å². The second kappa shape index (κ2) is 6.26. The Hall–Kier alpha value is -2.88. The summed E-state index contributed by atoms with van der Waals surface area (Å²) in [5.41, 5.74) is 3.87. The standard InChI is InChI=1S/C18H16N2O2/c1-22-15-9-7-13(8-10-15)11-16-18(20-17(12-21)19-16)14-5-3-2-4-6-14/h2-10,12H,11H2,1H3,(H,19,20). The van der Waals surface area contributed by atoms with E-state index in [4.69, 9.17) is 4.74 Å². The van der Waals surface area contributed by atoms with Gasteiger partial charge in [0.15, 0.2) is 12.1 Å². The maximum Gasteiger partial charge on any atom is 0.185 e. The van der Waals surface area contributed by atoms with Crippen LogP contribution in [0.2, 0.25) is 0 Å². The minimum atomic E-state index is 0.349. The molecule has 0 aliphatic heterocycles. The lowest BCUT2D eigenvalue weighted by atomic mass is 10.0. The number of hydrogen-bond acceptors (Lipinski definition) is 3. The molecule has 0 bridgehead atoms. The van der Waals surface area contributed by atoms with E-state index >= 15 is 0 Å². The summed E-state index contributed by atoms with van der Waals surface area (Å²) in [6.45, 7) is 0. The van der Waals surface area contributed by atoms with Gasteiger partial charge in [0, 0.05) is 17.7 Å². The highest BCUT2D eigenvalue weighted by Crippen LogP contribution is 2.24. The predicted molar refractivity (Wildman–Crippen MR) is 85.2 cm³/mol. The summed E-state index contributed by atoms with van der Waals surface area (Å²) >= 11 is 0. The summed E-state index contributed by atoms with van der Waals surface area (Å²) in [5, 5.41) is 0. The lowest BCUT2D eigenvalue weighted by Gasteiger charge is -2.05. The van der Waals surface area contributed by atoms with Crippen LogP contribution in [0.3, 0.4) is 0 Å². The molecule has 0 spiro atoms. The Kier molecular flexibility index (Phi) is 4.01. The van der Waals surface area contributed by atoms with E-state index < -0.39 is 0 Å². The molecule has 4 heteroatoms. The molecule has 3 rings (SSSR count). The Morgan fingerprint density at radius 3 is 2.45 bits per heavy atom. The lowest BCUT2D eigenvalue weighted by molar-refractivity contribution is 0.111. The Bertz CT molecular complexity index is 762. The number of methoxy groups -OCH3 is 1. The highest BCUT2D eigenvalue weighted by Gasteiger charge is 2.12. The van der Waals surface area contributed by atoms with E-state index in [0.717, 1.165) is 34.6 Å². The van der Waals surface area contributed by atoms with Crippen LogP contribution < -0.4 is 4.74 Å². The monoisotopic (exact) mass is 292 g/mol. The summed E-state index contributed by atoms with van der Waals surface area (Å²) in [5.74, 6) is 1.17. The van der Waals surface area contributed by atoms with Crippen molar-refractivity contribution in [2.75, 3.05) is 7.11 Å². The Morgan fingerprint density at radius 1 is 1.09 bits per heavy atom. The van der Waals surface area contributed by atoms with Gasteiger partial charge in [0.05, 0.1) is 12.8 Å². The highest BCUT2D eigenvalue weighted by atomic mass is 16.5. The number of aromatic nitrogens is 2. The first-order chi connectivity index (χ1) is 10.8. The number of rotatable bonds is 5. The van der Waals surface area contributed by atoms with Gasteiger partial charge in [-0.05, 0) is 17.7 Å². The minimum Gasteiger partial charge on any atom is -0.497 e. The van der Waals surface area contributed by atoms with Crippen molar-refractivity contribution in [2.45, 2.75) is 6.42 Å². The van der Waals surface area contributed by atoms with Gasteiger partial charge >= 0.3 is 0 Å². The number of carbonyl (C=O) groups excluding carboxylic acids is 1. The zero-order chi connectivity index (χ0) is 15.4. The molecule has 22 heavy (non-hydrogen) atoms. The lowest BCUT2D eigenvalue weighted by Crippen LogP contribution is -1.92. The number of H-pyrrole nitrogens is 1. The number of hydrogen-bond donors (Lipinski definition) is 1. The van der Waals surface area contributed by atoms with Gasteiger partial charge < -0.3 is 9.72 Å². The van der Waals surface area contributed by atoms with Crippen LogP contribution in [0.5, 0.6) is 5.75 Å². The fourth-order valence-electron chi connectivity index (χ4n) is 2.40. The highest BCUT2D eigenvalue weighted by molar-refractivity contribution is 5.73. The molecule has 0 radical (unpaired) electrons. The van der Waals surface area contributed by atoms with Gasteiger partial charge in [0.25, 0.3) is 0 Å². The Morgan fingerprint density at radius 2 is 1.82 bits per heavy atom. The number of aromatic amines is 1. The molecule has 0 atom stereocenters. The van der Waals surface area contributed by atoms with E-state index in [1.54, 1.807) is 7.11 Å². The molecule has 1 heterocycles. The molecular formula is C18H16N2O2. The topological polar surface area (TPSA) is 55.0 Å². The maximum absolute atomic E-state index is 11.0. The van der Waals surface area contributed by atoms with Crippen molar-refractivity contribution in [3.8, 4) is 17.0 Å². The van der Waals surface area contributed by atoms with Crippen molar-refractivity contribution in [1.29, 1.82) is 0 Å². The van der Waals surface area contributed by atoms with Crippen molar-refractivity contribution >= 4 is 6.29 Å². The number of aldehydes is 1. The van der Waals surface area contributed by atoms with Gasteiger partial charge in [-0.2, -0.15) is 0 Å². The third-order valence-electron chi connectivity index (χ3n) is 3.50. The van der Waals surface area contributed by atoms with Crippen molar-refractivity contribution < 1.29 is 9.53 Å². The summed E-state index contributed by atoms with van der Waals surface area (Å²) in [4.78, 5) is 18.5.